The van der Waals surface area contributed by atoms with Crippen molar-refractivity contribution >= 4 is 5.82 Å². The van der Waals surface area contributed by atoms with Gasteiger partial charge in [0, 0.05) is 17.8 Å². The van der Waals surface area contributed by atoms with E-state index in [2.05, 4.69) is 35.3 Å². The summed E-state index contributed by atoms with van der Waals surface area (Å²) >= 11 is 0. The number of nitrogens with two attached hydrogens (primary N) is 1. The van der Waals surface area contributed by atoms with Gasteiger partial charge in [0.2, 0.25) is 0 Å². The molecule has 102 valence electrons. The highest BCUT2D eigenvalue weighted by molar-refractivity contribution is 5.61. The van der Waals surface area contributed by atoms with Gasteiger partial charge in [0.1, 0.15) is 5.82 Å². The van der Waals surface area contributed by atoms with E-state index in [1.807, 2.05) is 24.7 Å². The van der Waals surface area contributed by atoms with Gasteiger partial charge in [-0.2, -0.15) is 0 Å². The molecule has 0 fully saturated rings. The molecule has 0 aliphatic rings. The molecule has 2 rings (SSSR count). The Bertz CT molecular complexity index is 530. The van der Waals surface area contributed by atoms with Gasteiger partial charge in [-0.05, 0) is 37.8 Å². The quantitative estimate of drug-likeness (QED) is 0.892. The van der Waals surface area contributed by atoms with Crippen LogP contribution in [0, 0.1) is 5.92 Å². The first kappa shape index (κ1) is 13.6. The van der Waals surface area contributed by atoms with Crippen molar-refractivity contribution in [2.45, 2.75) is 39.7 Å². The highest BCUT2D eigenvalue weighted by atomic mass is 15.1. The number of nitrogen functional groups attached to an aromatic ring is 1. The largest absolute Gasteiger partial charge is 0.384 e. The summed E-state index contributed by atoms with van der Waals surface area (Å²) in [5.74, 6) is 1.27. The van der Waals surface area contributed by atoms with Gasteiger partial charge in [-0.1, -0.05) is 13.8 Å². The molecule has 0 amide bonds. The molecule has 1 unspecified atom stereocenters. The highest BCUT2D eigenvalue weighted by Crippen LogP contribution is 2.26. The summed E-state index contributed by atoms with van der Waals surface area (Å²) in [5.41, 5.74) is 7.92. The Morgan fingerprint density at radius 3 is 2.74 bits per heavy atom. The molecule has 1 atom stereocenters. The second-order valence-electron chi connectivity index (χ2n) is 5.48. The first-order valence-corrected chi connectivity index (χ1v) is 6.81. The number of pyridine rings is 1. The third kappa shape index (κ3) is 3.34. The van der Waals surface area contributed by atoms with E-state index in [1.165, 1.54) is 6.42 Å². The van der Waals surface area contributed by atoms with Crippen LogP contribution in [0.2, 0.25) is 0 Å². The molecule has 0 saturated carbocycles. The Balaban J connectivity index is 2.22. The lowest BCUT2D eigenvalue weighted by Gasteiger charge is -2.17. The molecule has 4 heteroatoms. The van der Waals surface area contributed by atoms with Gasteiger partial charge >= 0.3 is 0 Å². The predicted octanol–water partition coefficient (Wildman–Crippen LogP) is 3.52. The summed E-state index contributed by atoms with van der Waals surface area (Å²) in [6.07, 6.45) is 7.90. The molecular weight excluding hydrogens is 236 g/mol. The molecule has 2 N–H and O–H groups in total. The van der Waals surface area contributed by atoms with Gasteiger partial charge in [0.25, 0.3) is 0 Å². The number of rotatable bonds is 5. The van der Waals surface area contributed by atoms with Gasteiger partial charge < -0.3 is 10.3 Å². The van der Waals surface area contributed by atoms with Crippen molar-refractivity contribution < 1.29 is 0 Å². The number of hydrogen-bond acceptors (Lipinski definition) is 3. The summed E-state index contributed by atoms with van der Waals surface area (Å²) < 4.78 is 2.22. The minimum absolute atomic E-state index is 0.439. The van der Waals surface area contributed by atoms with Gasteiger partial charge in [-0.15, -0.1) is 0 Å². The fourth-order valence-corrected chi connectivity index (χ4v) is 2.20. The van der Waals surface area contributed by atoms with Gasteiger partial charge in [-0.25, -0.2) is 9.97 Å². The number of hydrogen-bond donors (Lipinski definition) is 1. The second kappa shape index (κ2) is 5.87. The zero-order valence-electron chi connectivity index (χ0n) is 11.9. The van der Waals surface area contributed by atoms with Crippen molar-refractivity contribution in [2.75, 3.05) is 5.73 Å². The Labute approximate surface area is 114 Å². The number of aromatic nitrogens is 3. The summed E-state index contributed by atoms with van der Waals surface area (Å²) in [4.78, 5) is 8.31. The summed E-state index contributed by atoms with van der Waals surface area (Å²) in [6.45, 7) is 6.74. The molecule has 4 nitrogen and oxygen atoms in total. The summed E-state index contributed by atoms with van der Waals surface area (Å²) in [6, 6.07) is 4.30. The van der Waals surface area contributed by atoms with Crippen LogP contribution in [-0.2, 0) is 0 Å². The van der Waals surface area contributed by atoms with Crippen LogP contribution in [0.5, 0.6) is 0 Å². The highest BCUT2D eigenvalue weighted by Gasteiger charge is 2.12. The fraction of sp³-hybridized carbons (Fsp3) is 0.467. The van der Waals surface area contributed by atoms with Crippen LogP contribution in [0.3, 0.4) is 0 Å². The minimum atomic E-state index is 0.439. The summed E-state index contributed by atoms with van der Waals surface area (Å²) in [5, 5.41) is 0. The van der Waals surface area contributed by atoms with Crippen LogP contribution in [0.15, 0.2) is 30.9 Å². The van der Waals surface area contributed by atoms with Crippen LogP contribution in [0.25, 0.3) is 11.3 Å². The lowest BCUT2D eigenvalue weighted by atomic mass is 10.0. The van der Waals surface area contributed by atoms with Gasteiger partial charge in [0.15, 0.2) is 0 Å². The molecule has 0 aromatic carbocycles. The van der Waals surface area contributed by atoms with Crippen molar-refractivity contribution in [1.29, 1.82) is 0 Å². The van der Waals surface area contributed by atoms with E-state index < -0.39 is 0 Å². The Kier molecular flexibility index (Phi) is 4.20. The molecule has 0 saturated heterocycles. The molecular formula is C15H22N4. The minimum Gasteiger partial charge on any atom is -0.384 e. The summed E-state index contributed by atoms with van der Waals surface area (Å²) in [7, 11) is 0. The number of nitrogens with zero attached hydrogens (tertiary/aromatic N) is 3. The lowest BCUT2D eigenvalue weighted by Crippen LogP contribution is -2.07. The molecule has 2 aromatic rings. The monoisotopic (exact) mass is 258 g/mol. The first-order valence-electron chi connectivity index (χ1n) is 6.81. The molecule has 0 aliphatic heterocycles. The van der Waals surface area contributed by atoms with Crippen LogP contribution >= 0.6 is 0 Å². The van der Waals surface area contributed by atoms with E-state index in [1.54, 1.807) is 6.20 Å². The second-order valence-corrected chi connectivity index (χ2v) is 5.48. The average Bonchev–Trinajstić information content (AvgIpc) is 2.85. The van der Waals surface area contributed by atoms with E-state index in [0.29, 0.717) is 11.9 Å². The van der Waals surface area contributed by atoms with Crippen molar-refractivity contribution in [1.82, 2.24) is 14.5 Å². The van der Waals surface area contributed by atoms with Crippen molar-refractivity contribution in [3.63, 3.8) is 0 Å². The zero-order valence-corrected chi connectivity index (χ0v) is 11.9. The van der Waals surface area contributed by atoms with Gasteiger partial charge in [-0.3, -0.25) is 0 Å². The SMILES string of the molecule is CC(C)CCC(C)n1cncc1-c1ccnc(N)c1. The average molecular weight is 258 g/mol. The third-order valence-electron chi connectivity index (χ3n) is 3.38. The Morgan fingerprint density at radius 2 is 2.05 bits per heavy atom. The maximum absolute atomic E-state index is 5.75. The molecule has 2 heterocycles. The van der Waals surface area contributed by atoms with Crippen LogP contribution in [-0.4, -0.2) is 14.5 Å². The zero-order chi connectivity index (χ0) is 13.8. The van der Waals surface area contributed by atoms with Crippen LogP contribution in [0.1, 0.15) is 39.7 Å². The smallest absolute Gasteiger partial charge is 0.123 e. The van der Waals surface area contributed by atoms with Crippen molar-refractivity contribution in [2.24, 2.45) is 5.92 Å². The first-order chi connectivity index (χ1) is 9.08. The van der Waals surface area contributed by atoms with E-state index in [0.717, 1.165) is 23.6 Å². The maximum Gasteiger partial charge on any atom is 0.123 e. The topological polar surface area (TPSA) is 56.7 Å². The molecule has 0 bridgehead atoms. The van der Waals surface area contributed by atoms with Crippen LogP contribution in [0.4, 0.5) is 5.82 Å². The molecule has 0 aliphatic carbocycles. The Hall–Kier alpha value is -1.84. The van der Waals surface area contributed by atoms with E-state index in [9.17, 15) is 0 Å². The van der Waals surface area contributed by atoms with E-state index in [4.69, 9.17) is 5.73 Å². The molecule has 2 aromatic heterocycles. The third-order valence-corrected chi connectivity index (χ3v) is 3.38. The van der Waals surface area contributed by atoms with Crippen molar-refractivity contribution in [3.8, 4) is 11.3 Å². The lowest BCUT2D eigenvalue weighted by molar-refractivity contribution is 0.441. The maximum atomic E-state index is 5.75. The standard InChI is InChI=1S/C15H22N4/c1-11(2)4-5-12(3)19-10-17-9-14(19)13-6-7-18-15(16)8-13/h6-12H,4-5H2,1-3H3,(H2,16,18). The molecule has 0 spiro atoms. The normalized spacial score (nSPS) is 12.8. The van der Waals surface area contributed by atoms with Crippen LogP contribution < -0.4 is 5.73 Å². The number of anilines is 1. The predicted molar refractivity (Wildman–Crippen MR) is 78.7 cm³/mol. The Morgan fingerprint density at radius 1 is 1.26 bits per heavy atom. The van der Waals surface area contributed by atoms with Gasteiger partial charge in [0.05, 0.1) is 18.2 Å². The fourth-order valence-electron chi connectivity index (χ4n) is 2.20. The molecule has 19 heavy (non-hydrogen) atoms. The van der Waals surface area contributed by atoms with Crippen molar-refractivity contribution in [3.05, 3.63) is 30.9 Å². The number of imidazole rings is 1. The van der Waals surface area contributed by atoms with E-state index >= 15 is 0 Å². The van der Waals surface area contributed by atoms with E-state index in [-0.39, 0.29) is 0 Å². The molecule has 0 radical (unpaired) electrons.